The molecule has 0 heterocycles. The molecular formula is C14H17N. The second kappa shape index (κ2) is 3.40. The van der Waals surface area contributed by atoms with E-state index in [2.05, 4.69) is 31.9 Å². The van der Waals surface area contributed by atoms with Crippen molar-refractivity contribution in [3.8, 4) is 12.3 Å². The Morgan fingerprint density at radius 3 is 2.73 bits per heavy atom. The molecule has 78 valence electrons. The van der Waals surface area contributed by atoms with Crippen molar-refractivity contribution in [3.63, 3.8) is 0 Å². The number of rotatable bonds is 2. The predicted octanol–water partition coefficient (Wildman–Crippen LogP) is 2.37. The van der Waals surface area contributed by atoms with Gasteiger partial charge in [0.05, 0.1) is 0 Å². The highest BCUT2D eigenvalue weighted by Gasteiger charge is 2.57. The molecule has 1 heteroatoms. The van der Waals surface area contributed by atoms with Crippen molar-refractivity contribution < 1.29 is 0 Å². The van der Waals surface area contributed by atoms with Crippen molar-refractivity contribution in [1.29, 1.82) is 0 Å². The standard InChI is InChI=1S/C14H17N/c1-4-10-6-5-7-11(8-10)13-12(9-15)14(13,2)3/h1,5-8,12-13H,9,15H2,2-3H3/t12-,13-/m0/s1. The molecule has 1 fully saturated rings. The smallest absolute Gasteiger partial charge is 0.0245 e. The quantitative estimate of drug-likeness (QED) is 0.727. The lowest BCUT2D eigenvalue weighted by atomic mass is 10.0. The number of hydrogen-bond donors (Lipinski definition) is 1. The van der Waals surface area contributed by atoms with Gasteiger partial charge in [-0.25, -0.2) is 0 Å². The highest BCUT2D eigenvalue weighted by Crippen LogP contribution is 2.63. The van der Waals surface area contributed by atoms with Crippen LogP contribution in [0.15, 0.2) is 24.3 Å². The molecule has 0 amide bonds. The summed E-state index contributed by atoms with van der Waals surface area (Å²) < 4.78 is 0. The van der Waals surface area contributed by atoms with Crippen LogP contribution in [-0.4, -0.2) is 6.54 Å². The molecule has 1 saturated carbocycles. The maximum absolute atomic E-state index is 5.77. The Bertz CT molecular complexity index is 412. The van der Waals surface area contributed by atoms with Gasteiger partial charge in [-0.15, -0.1) is 6.42 Å². The lowest BCUT2D eigenvalue weighted by Gasteiger charge is -2.03. The fraction of sp³-hybridized carbons (Fsp3) is 0.429. The van der Waals surface area contributed by atoms with E-state index in [1.165, 1.54) is 5.56 Å². The summed E-state index contributed by atoms with van der Waals surface area (Å²) >= 11 is 0. The minimum Gasteiger partial charge on any atom is -0.330 e. The normalized spacial score (nSPS) is 27.1. The zero-order valence-corrected chi connectivity index (χ0v) is 9.33. The first-order valence-corrected chi connectivity index (χ1v) is 5.38. The summed E-state index contributed by atoms with van der Waals surface area (Å²) in [5.41, 5.74) is 8.41. The molecule has 1 aromatic carbocycles. The molecule has 0 aromatic heterocycles. The van der Waals surface area contributed by atoms with E-state index in [0.29, 0.717) is 17.3 Å². The summed E-state index contributed by atoms with van der Waals surface area (Å²) in [6.45, 7) is 5.31. The molecule has 0 radical (unpaired) electrons. The Labute approximate surface area is 91.7 Å². The van der Waals surface area contributed by atoms with Gasteiger partial charge in [0.1, 0.15) is 0 Å². The highest BCUT2D eigenvalue weighted by atomic mass is 14.7. The average molecular weight is 199 g/mol. The van der Waals surface area contributed by atoms with Crippen LogP contribution in [-0.2, 0) is 0 Å². The van der Waals surface area contributed by atoms with E-state index in [-0.39, 0.29) is 0 Å². The number of hydrogen-bond acceptors (Lipinski definition) is 1. The van der Waals surface area contributed by atoms with Crippen LogP contribution in [0.1, 0.15) is 30.9 Å². The Kier molecular flexibility index (Phi) is 2.32. The van der Waals surface area contributed by atoms with E-state index in [1.54, 1.807) is 0 Å². The van der Waals surface area contributed by atoms with E-state index in [1.807, 2.05) is 12.1 Å². The van der Waals surface area contributed by atoms with Crippen LogP contribution in [0, 0.1) is 23.7 Å². The molecule has 2 rings (SSSR count). The topological polar surface area (TPSA) is 26.0 Å². The van der Waals surface area contributed by atoms with Crippen LogP contribution >= 0.6 is 0 Å². The van der Waals surface area contributed by atoms with Gasteiger partial charge in [-0.1, -0.05) is 31.9 Å². The number of terminal acetylenes is 1. The molecular weight excluding hydrogens is 182 g/mol. The molecule has 2 N–H and O–H groups in total. The maximum Gasteiger partial charge on any atom is 0.0245 e. The molecule has 1 aromatic rings. The summed E-state index contributed by atoms with van der Waals surface area (Å²) in [5, 5.41) is 0. The van der Waals surface area contributed by atoms with Gasteiger partial charge in [0.2, 0.25) is 0 Å². The zero-order chi connectivity index (χ0) is 11.1. The van der Waals surface area contributed by atoms with E-state index in [0.717, 1.165) is 12.1 Å². The SMILES string of the molecule is C#Cc1cccc([C@H]2[C@H](CN)C2(C)C)c1. The number of nitrogens with two attached hydrogens (primary N) is 1. The largest absolute Gasteiger partial charge is 0.330 e. The van der Waals surface area contributed by atoms with Crippen molar-refractivity contribution in [2.75, 3.05) is 6.54 Å². The lowest BCUT2D eigenvalue weighted by Crippen LogP contribution is -2.05. The van der Waals surface area contributed by atoms with E-state index >= 15 is 0 Å². The third-order valence-electron chi connectivity index (χ3n) is 3.72. The fourth-order valence-corrected chi connectivity index (χ4v) is 2.67. The van der Waals surface area contributed by atoms with Crippen molar-refractivity contribution in [1.82, 2.24) is 0 Å². The van der Waals surface area contributed by atoms with Crippen molar-refractivity contribution >= 4 is 0 Å². The average Bonchev–Trinajstić information content (AvgIpc) is 2.80. The maximum atomic E-state index is 5.77. The van der Waals surface area contributed by atoms with Crippen LogP contribution in [0.25, 0.3) is 0 Å². The van der Waals surface area contributed by atoms with Crippen LogP contribution in [0.5, 0.6) is 0 Å². The monoisotopic (exact) mass is 199 g/mol. The summed E-state index contributed by atoms with van der Waals surface area (Å²) in [6.07, 6.45) is 5.40. The molecule has 0 spiro atoms. The molecule has 0 saturated heterocycles. The molecule has 1 nitrogen and oxygen atoms in total. The Balaban J connectivity index is 2.29. The van der Waals surface area contributed by atoms with Gasteiger partial charge < -0.3 is 5.73 Å². The van der Waals surface area contributed by atoms with Crippen LogP contribution in [0.2, 0.25) is 0 Å². The second-order valence-corrected chi connectivity index (χ2v) is 4.91. The zero-order valence-electron chi connectivity index (χ0n) is 9.33. The Morgan fingerprint density at radius 1 is 1.47 bits per heavy atom. The van der Waals surface area contributed by atoms with Crippen LogP contribution in [0.4, 0.5) is 0 Å². The minimum absolute atomic E-state index is 0.335. The molecule has 2 atom stereocenters. The third kappa shape index (κ3) is 1.56. The van der Waals surface area contributed by atoms with Gasteiger partial charge in [-0.2, -0.15) is 0 Å². The second-order valence-electron chi connectivity index (χ2n) is 4.91. The Morgan fingerprint density at radius 2 is 2.20 bits per heavy atom. The number of benzene rings is 1. The van der Waals surface area contributed by atoms with Gasteiger partial charge in [-0.05, 0) is 41.5 Å². The molecule has 0 unspecified atom stereocenters. The van der Waals surface area contributed by atoms with Crippen LogP contribution in [0.3, 0.4) is 0 Å². The molecule has 0 bridgehead atoms. The highest BCUT2D eigenvalue weighted by molar-refractivity contribution is 5.40. The first kappa shape index (κ1) is 10.3. The summed E-state index contributed by atoms with van der Waals surface area (Å²) in [6, 6.07) is 8.27. The summed E-state index contributed by atoms with van der Waals surface area (Å²) in [5.74, 6) is 3.86. The van der Waals surface area contributed by atoms with Gasteiger partial charge in [-0.3, -0.25) is 0 Å². The van der Waals surface area contributed by atoms with Crippen molar-refractivity contribution in [2.45, 2.75) is 19.8 Å². The van der Waals surface area contributed by atoms with Gasteiger partial charge in [0, 0.05) is 5.56 Å². The lowest BCUT2D eigenvalue weighted by molar-refractivity contribution is 0.558. The first-order valence-electron chi connectivity index (χ1n) is 5.38. The summed E-state index contributed by atoms with van der Waals surface area (Å²) in [4.78, 5) is 0. The van der Waals surface area contributed by atoms with Gasteiger partial charge in [0.15, 0.2) is 0 Å². The fourth-order valence-electron chi connectivity index (χ4n) is 2.67. The third-order valence-corrected chi connectivity index (χ3v) is 3.72. The molecule has 15 heavy (non-hydrogen) atoms. The van der Waals surface area contributed by atoms with Gasteiger partial charge >= 0.3 is 0 Å². The van der Waals surface area contributed by atoms with Crippen molar-refractivity contribution in [3.05, 3.63) is 35.4 Å². The van der Waals surface area contributed by atoms with E-state index < -0.39 is 0 Å². The molecule has 0 aliphatic heterocycles. The molecule has 1 aliphatic carbocycles. The van der Waals surface area contributed by atoms with Gasteiger partial charge in [0.25, 0.3) is 0 Å². The van der Waals surface area contributed by atoms with Crippen LogP contribution < -0.4 is 5.73 Å². The minimum atomic E-state index is 0.335. The van der Waals surface area contributed by atoms with E-state index in [4.69, 9.17) is 12.2 Å². The predicted molar refractivity (Wildman–Crippen MR) is 63.4 cm³/mol. The Hall–Kier alpha value is -1.26. The molecule has 1 aliphatic rings. The summed E-state index contributed by atoms with van der Waals surface area (Å²) in [7, 11) is 0. The first-order chi connectivity index (χ1) is 7.11. The van der Waals surface area contributed by atoms with Crippen molar-refractivity contribution in [2.24, 2.45) is 17.1 Å². The van der Waals surface area contributed by atoms with E-state index in [9.17, 15) is 0 Å².